The minimum Gasteiger partial charge on any atom is -0.389 e. The van der Waals surface area contributed by atoms with Gasteiger partial charge >= 0.3 is 0 Å². The zero-order valence-corrected chi connectivity index (χ0v) is 6.50. The number of hydrogen-bond acceptors (Lipinski definition) is 4. The Hall–Kier alpha value is 0.230. The summed E-state index contributed by atoms with van der Waals surface area (Å²) >= 11 is 1.73. The molecule has 4 atom stereocenters. The molecule has 0 aromatic heterocycles. The van der Waals surface area contributed by atoms with Crippen LogP contribution in [0.1, 0.15) is 0 Å². The lowest BCUT2D eigenvalue weighted by Gasteiger charge is -2.18. The van der Waals surface area contributed by atoms with Crippen LogP contribution in [0.4, 0.5) is 0 Å². The molecular formula is C6H10O3S. The lowest BCUT2D eigenvalue weighted by atomic mass is 10.2. The summed E-state index contributed by atoms with van der Waals surface area (Å²) in [6, 6.07) is 0. The van der Waals surface area contributed by atoms with Crippen molar-refractivity contribution in [1.29, 1.82) is 0 Å². The highest BCUT2D eigenvalue weighted by Crippen LogP contribution is 2.40. The molecule has 2 saturated heterocycles. The first-order valence-electron chi connectivity index (χ1n) is 3.31. The minimum absolute atomic E-state index is 0.0138. The van der Waals surface area contributed by atoms with Crippen LogP contribution in [0.2, 0.25) is 0 Å². The van der Waals surface area contributed by atoms with E-state index in [1.54, 1.807) is 18.9 Å². The van der Waals surface area contributed by atoms with Crippen molar-refractivity contribution in [3.63, 3.8) is 0 Å². The van der Waals surface area contributed by atoms with Gasteiger partial charge in [-0.25, -0.2) is 0 Å². The van der Waals surface area contributed by atoms with Gasteiger partial charge in [0.25, 0.3) is 0 Å². The molecule has 0 aromatic carbocycles. The highest BCUT2D eigenvalue weighted by molar-refractivity contribution is 8.00. The standard InChI is InChI=1S/C6H10O3S/c1-8-6-5-4(7)3(9-6)2-10-5/h3-7H,2H2,1H3/t3-,4+,5+,6?/m1/s1. The molecular weight excluding hydrogens is 152 g/mol. The van der Waals surface area contributed by atoms with E-state index < -0.39 is 0 Å². The summed E-state index contributed by atoms with van der Waals surface area (Å²) in [5, 5.41) is 9.55. The monoisotopic (exact) mass is 162 g/mol. The second-order valence-corrected chi connectivity index (χ2v) is 3.78. The molecule has 0 saturated carbocycles. The second kappa shape index (κ2) is 2.37. The number of hydrogen-bond donors (Lipinski definition) is 1. The van der Waals surface area contributed by atoms with Crippen molar-refractivity contribution in [2.24, 2.45) is 0 Å². The fourth-order valence-corrected chi connectivity index (χ4v) is 2.81. The van der Waals surface area contributed by atoms with Gasteiger partial charge in [0.05, 0.1) is 17.5 Å². The van der Waals surface area contributed by atoms with E-state index in [4.69, 9.17) is 9.47 Å². The number of fused-ring (bicyclic) bond motifs is 2. The van der Waals surface area contributed by atoms with Crippen LogP contribution >= 0.6 is 11.8 Å². The highest BCUT2D eigenvalue weighted by Gasteiger charge is 2.49. The molecule has 10 heavy (non-hydrogen) atoms. The first-order chi connectivity index (χ1) is 4.83. The Balaban J connectivity index is 2.08. The third-order valence-corrected chi connectivity index (χ3v) is 3.39. The Morgan fingerprint density at radius 2 is 2.50 bits per heavy atom. The summed E-state index contributed by atoms with van der Waals surface area (Å²) in [6.07, 6.45) is -0.478. The summed E-state index contributed by atoms with van der Waals surface area (Å²) < 4.78 is 10.3. The second-order valence-electron chi connectivity index (χ2n) is 2.57. The summed E-state index contributed by atoms with van der Waals surface area (Å²) in [7, 11) is 1.61. The number of thioether (sulfide) groups is 1. The molecule has 2 bridgehead atoms. The van der Waals surface area contributed by atoms with Gasteiger partial charge in [-0.05, 0) is 0 Å². The van der Waals surface area contributed by atoms with Crippen LogP contribution in [0.15, 0.2) is 0 Å². The van der Waals surface area contributed by atoms with E-state index in [-0.39, 0.29) is 23.7 Å². The van der Waals surface area contributed by atoms with Crippen molar-refractivity contribution in [3.8, 4) is 0 Å². The third-order valence-electron chi connectivity index (χ3n) is 1.98. The van der Waals surface area contributed by atoms with E-state index >= 15 is 0 Å². The van der Waals surface area contributed by atoms with Gasteiger partial charge in [-0.1, -0.05) is 0 Å². The summed E-state index contributed by atoms with van der Waals surface area (Å²) in [5.74, 6) is 0.908. The van der Waals surface area contributed by atoms with Crippen LogP contribution in [0.3, 0.4) is 0 Å². The molecule has 0 spiro atoms. The quantitative estimate of drug-likeness (QED) is 0.581. The fourth-order valence-electron chi connectivity index (χ4n) is 1.41. The molecule has 0 aromatic rings. The van der Waals surface area contributed by atoms with Gasteiger partial charge < -0.3 is 14.6 Å². The molecule has 4 heteroatoms. The minimum atomic E-state index is -0.310. The van der Waals surface area contributed by atoms with Crippen molar-refractivity contribution in [2.75, 3.05) is 12.9 Å². The van der Waals surface area contributed by atoms with Gasteiger partial charge in [0.2, 0.25) is 0 Å². The SMILES string of the molecule is COC1O[C@@H]2CS[C@H]1[C@H]2O. The molecule has 0 radical (unpaired) electrons. The Morgan fingerprint density at radius 1 is 1.70 bits per heavy atom. The number of ether oxygens (including phenoxy) is 2. The Morgan fingerprint density at radius 3 is 2.80 bits per heavy atom. The topological polar surface area (TPSA) is 38.7 Å². The summed E-state index contributed by atoms with van der Waals surface area (Å²) in [4.78, 5) is 0. The number of aliphatic hydroxyl groups excluding tert-OH is 1. The Bertz CT molecular complexity index is 141. The molecule has 0 aliphatic carbocycles. The third kappa shape index (κ3) is 0.797. The molecule has 3 nitrogen and oxygen atoms in total. The maximum absolute atomic E-state index is 9.40. The van der Waals surface area contributed by atoms with Crippen LogP contribution in [0, 0.1) is 0 Å². The Kier molecular flexibility index (Phi) is 1.64. The van der Waals surface area contributed by atoms with E-state index in [0.29, 0.717) is 0 Å². The Labute approximate surface area is 63.7 Å². The molecule has 0 amide bonds. The van der Waals surface area contributed by atoms with Gasteiger partial charge in [-0.3, -0.25) is 0 Å². The van der Waals surface area contributed by atoms with Crippen LogP contribution in [0.25, 0.3) is 0 Å². The van der Waals surface area contributed by atoms with Gasteiger partial charge in [-0.2, -0.15) is 0 Å². The maximum atomic E-state index is 9.40. The molecule has 1 unspecified atom stereocenters. The zero-order valence-electron chi connectivity index (χ0n) is 5.69. The average Bonchev–Trinajstić information content (AvgIpc) is 2.46. The average molecular weight is 162 g/mol. The molecule has 1 N–H and O–H groups in total. The van der Waals surface area contributed by atoms with Gasteiger partial charge in [0, 0.05) is 12.9 Å². The number of aliphatic hydroxyl groups is 1. The van der Waals surface area contributed by atoms with Crippen molar-refractivity contribution >= 4 is 11.8 Å². The lowest BCUT2D eigenvalue weighted by Crippen LogP contribution is -2.26. The van der Waals surface area contributed by atoms with Crippen molar-refractivity contribution in [1.82, 2.24) is 0 Å². The van der Waals surface area contributed by atoms with Crippen molar-refractivity contribution < 1.29 is 14.6 Å². The van der Waals surface area contributed by atoms with Crippen LogP contribution < -0.4 is 0 Å². The van der Waals surface area contributed by atoms with E-state index in [1.165, 1.54) is 0 Å². The first kappa shape index (κ1) is 6.91. The molecule has 2 heterocycles. The lowest BCUT2D eigenvalue weighted by molar-refractivity contribution is -0.113. The highest BCUT2D eigenvalue weighted by atomic mass is 32.2. The summed E-state index contributed by atoms with van der Waals surface area (Å²) in [6.45, 7) is 0. The normalized spacial score (nSPS) is 52.2. The predicted molar refractivity (Wildman–Crippen MR) is 37.9 cm³/mol. The molecule has 2 aliphatic heterocycles. The van der Waals surface area contributed by atoms with Gasteiger partial charge in [0.1, 0.15) is 0 Å². The molecule has 58 valence electrons. The molecule has 2 rings (SSSR count). The van der Waals surface area contributed by atoms with E-state index in [0.717, 1.165) is 5.75 Å². The molecule has 2 aliphatic rings. The van der Waals surface area contributed by atoms with Crippen molar-refractivity contribution in [2.45, 2.75) is 23.7 Å². The summed E-state index contributed by atoms with van der Waals surface area (Å²) in [5.41, 5.74) is 0. The number of rotatable bonds is 1. The fraction of sp³-hybridized carbons (Fsp3) is 1.00. The van der Waals surface area contributed by atoms with E-state index in [9.17, 15) is 5.11 Å². The van der Waals surface area contributed by atoms with Crippen molar-refractivity contribution in [3.05, 3.63) is 0 Å². The maximum Gasteiger partial charge on any atom is 0.172 e. The predicted octanol–water partition coefficient (Wildman–Crippen LogP) is -0.166. The van der Waals surface area contributed by atoms with E-state index in [1.807, 2.05) is 0 Å². The van der Waals surface area contributed by atoms with Gasteiger partial charge in [0.15, 0.2) is 6.29 Å². The van der Waals surface area contributed by atoms with Crippen LogP contribution in [-0.4, -0.2) is 41.7 Å². The van der Waals surface area contributed by atoms with E-state index in [2.05, 4.69) is 0 Å². The number of methoxy groups -OCH3 is 1. The zero-order chi connectivity index (χ0) is 7.14. The van der Waals surface area contributed by atoms with Crippen LogP contribution in [-0.2, 0) is 9.47 Å². The van der Waals surface area contributed by atoms with Crippen LogP contribution in [0.5, 0.6) is 0 Å². The smallest absolute Gasteiger partial charge is 0.172 e. The van der Waals surface area contributed by atoms with Gasteiger partial charge in [-0.15, -0.1) is 11.8 Å². The molecule has 2 fully saturated rings. The first-order valence-corrected chi connectivity index (χ1v) is 4.35. The largest absolute Gasteiger partial charge is 0.389 e.